The van der Waals surface area contributed by atoms with E-state index < -0.39 is 0 Å². The van der Waals surface area contributed by atoms with Crippen LogP contribution in [-0.4, -0.2) is 11.7 Å². The Labute approximate surface area is 105 Å². The van der Waals surface area contributed by atoms with E-state index in [-0.39, 0.29) is 0 Å². The maximum absolute atomic E-state index is 9.42. The molecule has 2 aliphatic rings. The summed E-state index contributed by atoms with van der Waals surface area (Å²) in [5.41, 5.74) is 1.77. The van der Waals surface area contributed by atoms with Gasteiger partial charge in [-0.15, -0.1) is 0 Å². The molecule has 0 heterocycles. The number of rotatable bonds is 3. The van der Waals surface area contributed by atoms with Crippen molar-refractivity contribution in [2.24, 2.45) is 11.8 Å². The summed E-state index contributed by atoms with van der Waals surface area (Å²) in [5.74, 6) is 1.34. The van der Waals surface area contributed by atoms with Gasteiger partial charge in [0.1, 0.15) is 0 Å². The number of halogens is 1. The zero-order valence-electron chi connectivity index (χ0n) is 9.32. The van der Waals surface area contributed by atoms with E-state index in [0.29, 0.717) is 17.9 Å². The van der Waals surface area contributed by atoms with Crippen LogP contribution in [0.4, 0.5) is 0 Å². The predicted octanol–water partition coefficient (Wildman–Crippen LogP) is 3.50. The number of hydrogen-bond donors (Lipinski definition) is 1. The molecule has 2 fully saturated rings. The first-order chi connectivity index (χ1) is 7.77. The Kier molecular flexibility index (Phi) is 2.60. The monoisotopic (exact) mass is 280 g/mol. The van der Waals surface area contributed by atoms with E-state index in [9.17, 15) is 5.11 Å². The van der Waals surface area contributed by atoms with Crippen LogP contribution in [0.15, 0.2) is 28.7 Å². The normalized spacial score (nSPS) is 33.5. The van der Waals surface area contributed by atoms with E-state index in [1.54, 1.807) is 0 Å². The van der Waals surface area contributed by atoms with Gasteiger partial charge in [0.15, 0.2) is 0 Å². The Hall–Kier alpha value is -0.340. The lowest BCUT2D eigenvalue weighted by Gasteiger charge is -2.35. The Morgan fingerprint density at radius 2 is 1.94 bits per heavy atom. The molecule has 16 heavy (non-hydrogen) atoms. The maximum Gasteiger partial charge on any atom is 0.0468 e. The first-order valence-corrected chi connectivity index (χ1v) is 6.93. The number of benzene rings is 1. The molecular formula is C14H17BrO. The van der Waals surface area contributed by atoms with Crippen molar-refractivity contribution < 1.29 is 5.11 Å². The maximum atomic E-state index is 9.42. The smallest absolute Gasteiger partial charge is 0.0468 e. The Morgan fingerprint density at radius 1 is 1.25 bits per heavy atom. The average molecular weight is 281 g/mol. The molecule has 0 bridgehead atoms. The van der Waals surface area contributed by atoms with Crippen LogP contribution in [0.5, 0.6) is 0 Å². The molecule has 2 atom stereocenters. The highest BCUT2D eigenvalue weighted by Gasteiger charge is 2.60. The van der Waals surface area contributed by atoms with Crippen molar-refractivity contribution in [1.82, 2.24) is 0 Å². The molecule has 86 valence electrons. The SMILES string of the molecule is OCC1CC1(c1ccc(Br)cc1)C1CCC1. The number of aliphatic hydroxyl groups excluding tert-OH is 1. The molecule has 1 aromatic rings. The van der Waals surface area contributed by atoms with E-state index in [2.05, 4.69) is 40.2 Å². The van der Waals surface area contributed by atoms with Gasteiger partial charge in [0.2, 0.25) is 0 Å². The lowest BCUT2D eigenvalue weighted by molar-refractivity contribution is 0.197. The standard InChI is InChI=1S/C14H17BrO/c15-13-6-4-11(5-7-13)14(8-12(14)9-16)10-2-1-3-10/h4-7,10,12,16H,1-3,8-9H2. The van der Waals surface area contributed by atoms with Crippen LogP contribution >= 0.6 is 15.9 Å². The first-order valence-electron chi connectivity index (χ1n) is 6.14. The fourth-order valence-corrected chi connectivity index (χ4v) is 3.61. The quantitative estimate of drug-likeness (QED) is 0.899. The molecule has 0 aromatic heterocycles. The summed E-state index contributed by atoms with van der Waals surface area (Å²) in [6, 6.07) is 8.72. The number of aliphatic hydroxyl groups is 1. The first kappa shape index (κ1) is 10.8. The van der Waals surface area contributed by atoms with E-state index >= 15 is 0 Å². The highest BCUT2D eigenvalue weighted by atomic mass is 79.9. The van der Waals surface area contributed by atoms with Gasteiger partial charge in [-0.2, -0.15) is 0 Å². The fourth-order valence-electron chi connectivity index (χ4n) is 3.35. The summed E-state index contributed by atoms with van der Waals surface area (Å²) in [4.78, 5) is 0. The molecule has 1 nitrogen and oxygen atoms in total. The molecular weight excluding hydrogens is 264 g/mol. The molecule has 0 radical (unpaired) electrons. The molecule has 2 saturated carbocycles. The lowest BCUT2D eigenvalue weighted by Crippen LogP contribution is -2.29. The minimum atomic E-state index is 0.327. The summed E-state index contributed by atoms with van der Waals surface area (Å²) in [5, 5.41) is 9.42. The topological polar surface area (TPSA) is 20.2 Å². The Balaban J connectivity index is 1.92. The van der Waals surface area contributed by atoms with Gasteiger partial charge < -0.3 is 5.11 Å². The molecule has 2 heteroatoms. The summed E-state index contributed by atoms with van der Waals surface area (Å²) < 4.78 is 1.14. The third kappa shape index (κ3) is 1.46. The van der Waals surface area contributed by atoms with Crippen LogP contribution in [0, 0.1) is 11.8 Å². The van der Waals surface area contributed by atoms with Gasteiger partial charge >= 0.3 is 0 Å². The molecule has 2 aliphatic carbocycles. The third-order valence-corrected chi connectivity index (χ3v) is 5.12. The van der Waals surface area contributed by atoms with E-state index in [1.807, 2.05) is 0 Å². The highest BCUT2D eigenvalue weighted by Crippen LogP contribution is 2.63. The van der Waals surface area contributed by atoms with Crippen LogP contribution in [0.2, 0.25) is 0 Å². The lowest BCUT2D eigenvalue weighted by atomic mass is 9.69. The summed E-state index contributed by atoms with van der Waals surface area (Å²) in [7, 11) is 0. The van der Waals surface area contributed by atoms with Crippen LogP contribution in [0.1, 0.15) is 31.2 Å². The number of hydrogen-bond acceptors (Lipinski definition) is 1. The molecule has 1 N–H and O–H groups in total. The van der Waals surface area contributed by atoms with Crippen molar-refractivity contribution in [3.05, 3.63) is 34.3 Å². The summed E-state index contributed by atoms with van der Waals surface area (Å²) in [6.07, 6.45) is 5.27. The molecule has 2 unspecified atom stereocenters. The molecule has 0 aliphatic heterocycles. The van der Waals surface area contributed by atoms with Crippen molar-refractivity contribution >= 4 is 15.9 Å². The summed E-state index contributed by atoms with van der Waals surface area (Å²) >= 11 is 3.48. The van der Waals surface area contributed by atoms with Gasteiger partial charge in [0.05, 0.1) is 0 Å². The van der Waals surface area contributed by atoms with Crippen LogP contribution in [0.25, 0.3) is 0 Å². The van der Waals surface area contributed by atoms with Gasteiger partial charge in [0.25, 0.3) is 0 Å². The Bertz CT molecular complexity index is 382. The Morgan fingerprint density at radius 3 is 2.38 bits per heavy atom. The van der Waals surface area contributed by atoms with E-state index in [1.165, 1.54) is 31.2 Å². The molecule has 0 amide bonds. The fraction of sp³-hybridized carbons (Fsp3) is 0.571. The molecule has 0 saturated heterocycles. The van der Waals surface area contributed by atoms with Crippen molar-refractivity contribution in [3.8, 4) is 0 Å². The van der Waals surface area contributed by atoms with Crippen molar-refractivity contribution in [2.75, 3.05) is 6.61 Å². The van der Waals surface area contributed by atoms with Crippen molar-refractivity contribution in [1.29, 1.82) is 0 Å². The van der Waals surface area contributed by atoms with Gasteiger partial charge in [-0.05, 0) is 48.8 Å². The van der Waals surface area contributed by atoms with Gasteiger partial charge in [-0.3, -0.25) is 0 Å². The largest absolute Gasteiger partial charge is 0.396 e. The predicted molar refractivity (Wildman–Crippen MR) is 68.4 cm³/mol. The minimum absolute atomic E-state index is 0.327. The summed E-state index contributed by atoms with van der Waals surface area (Å²) in [6.45, 7) is 0.354. The molecule has 0 spiro atoms. The second kappa shape index (κ2) is 3.85. The zero-order chi connectivity index (χ0) is 11.2. The van der Waals surface area contributed by atoms with Crippen LogP contribution in [-0.2, 0) is 5.41 Å². The second-order valence-electron chi connectivity index (χ2n) is 5.26. The minimum Gasteiger partial charge on any atom is -0.396 e. The van der Waals surface area contributed by atoms with Gasteiger partial charge in [0, 0.05) is 16.5 Å². The van der Waals surface area contributed by atoms with Crippen LogP contribution < -0.4 is 0 Å². The average Bonchev–Trinajstić information content (AvgIpc) is 2.92. The van der Waals surface area contributed by atoms with Crippen molar-refractivity contribution in [3.63, 3.8) is 0 Å². The van der Waals surface area contributed by atoms with E-state index in [4.69, 9.17) is 0 Å². The van der Waals surface area contributed by atoms with Gasteiger partial charge in [-0.25, -0.2) is 0 Å². The molecule has 3 rings (SSSR count). The zero-order valence-corrected chi connectivity index (χ0v) is 10.9. The molecule has 1 aromatic carbocycles. The second-order valence-corrected chi connectivity index (χ2v) is 6.17. The van der Waals surface area contributed by atoms with E-state index in [0.717, 1.165) is 10.4 Å². The van der Waals surface area contributed by atoms with Gasteiger partial charge in [-0.1, -0.05) is 34.5 Å². The third-order valence-electron chi connectivity index (χ3n) is 4.59. The van der Waals surface area contributed by atoms with Crippen molar-refractivity contribution in [2.45, 2.75) is 31.1 Å². The van der Waals surface area contributed by atoms with Crippen LogP contribution in [0.3, 0.4) is 0 Å². The highest BCUT2D eigenvalue weighted by molar-refractivity contribution is 9.10.